The largest absolute Gasteiger partial charge is 0.387 e. The molecule has 0 radical (unpaired) electrons. The lowest BCUT2D eigenvalue weighted by atomic mass is 10.0. The molecule has 78 valence electrons. The van der Waals surface area contributed by atoms with Gasteiger partial charge in [-0.1, -0.05) is 0 Å². The van der Waals surface area contributed by atoms with Crippen molar-refractivity contribution in [2.75, 3.05) is 0 Å². The lowest BCUT2D eigenvalue weighted by Gasteiger charge is -2.16. The summed E-state index contributed by atoms with van der Waals surface area (Å²) < 4.78 is 38.8. The molecule has 0 amide bonds. The first-order valence-corrected chi connectivity index (χ1v) is 4.02. The first kappa shape index (κ1) is 11.0. The van der Waals surface area contributed by atoms with Crippen molar-refractivity contribution >= 4 is 0 Å². The molecule has 0 spiro atoms. The molecule has 0 aromatic heterocycles. The van der Waals surface area contributed by atoms with Gasteiger partial charge in [0.1, 0.15) is 5.82 Å². The van der Waals surface area contributed by atoms with Gasteiger partial charge in [0.2, 0.25) is 0 Å². The van der Waals surface area contributed by atoms with E-state index in [2.05, 4.69) is 0 Å². The van der Waals surface area contributed by atoms with E-state index in [0.717, 1.165) is 6.07 Å². The van der Waals surface area contributed by atoms with Crippen LogP contribution in [0.4, 0.5) is 13.2 Å². The molecule has 0 unspecified atom stereocenters. The lowest BCUT2D eigenvalue weighted by molar-refractivity contribution is 0.143. The van der Waals surface area contributed by atoms with E-state index < -0.39 is 35.2 Å². The molecule has 14 heavy (non-hydrogen) atoms. The summed E-state index contributed by atoms with van der Waals surface area (Å²) in [5.74, 6) is -3.61. The normalized spacial score (nSPS) is 15.3. The Morgan fingerprint density at radius 3 is 2.21 bits per heavy atom. The minimum absolute atomic E-state index is 0.655. The van der Waals surface area contributed by atoms with Crippen LogP contribution in [0.15, 0.2) is 12.1 Å². The van der Waals surface area contributed by atoms with Crippen LogP contribution >= 0.6 is 0 Å². The van der Waals surface area contributed by atoms with E-state index >= 15 is 0 Å². The molecule has 1 aromatic carbocycles. The summed E-state index contributed by atoms with van der Waals surface area (Å²) >= 11 is 0. The van der Waals surface area contributed by atoms with Gasteiger partial charge in [0.05, 0.1) is 11.7 Å². The van der Waals surface area contributed by atoms with Crippen molar-refractivity contribution in [2.45, 2.75) is 19.1 Å². The van der Waals surface area contributed by atoms with Gasteiger partial charge in [-0.05, 0) is 19.1 Å². The van der Waals surface area contributed by atoms with E-state index in [1.165, 1.54) is 6.92 Å². The zero-order chi connectivity index (χ0) is 10.9. The summed E-state index contributed by atoms with van der Waals surface area (Å²) in [5, 5.41) is 9.31. The predicted octanol–water partition coefficient (Wildman–Crippen LogP) is 1.48. The Bertz CT molecular complexity index is 341. The maximum Gasteiger partial charge on any atom is 0.167 e. The Morgan fingerprint density at radius 1 is 1.21 bits per heavy atom. The molecular weight excluding hydrogens is 195 g/mol. The van der Waals surface area contributed by atoms with Crippen LogP contribution in [0.5, 0.6) is 0 Å². The number of aliphatic hydroxyl groups is 1. The monoisotopic (exact) mass is 205 g/mol. The molecule has 2 atom stereocenters. The predicted molar refractivity (Wildman–Crippen MR) is 44.9 cm³/mol. The van der Waals surface area contributed by atoms with Crippen molar-refractivity contribution in [3.8, 4) is 0 Å². The Morgan fingerprint density at radius 2 is 1.71 bits per heavy atom. The number of aliphatic hydroxyl groups excluding tert-OH is 1. The standard InChI is InChI=1S/C9H10F3NO/c1-4(13)9(14)7-5(10)2-3-6(11)8(7)12/h2-4,9,14H,13H2,1H3/t4-,9-/m0/s1. The summed E-state index contributed by atoms with van der Waals surface area (Å²) in [6.07, 6.45) is -1.55. The fourth-order valence-corrected chi connectivity index (χ4v) is 1.08. The van der Waals surface area contributed by atoms with Crippen LogP contribution < -0.4 is 5.73 Å². The quantitative estimate of drug-likeness (QED) is 0.718. The topological polar surface area (TPSA) is 46.2 Å². The molecule has 2 nitrogen and oxygen atoms in total. The molecule has 1 rings (SSSR count). The number of hydrogen-bond acceptors (Lipinski definition) is 2. The Balaban J connectivity index is 3.25. The molecular formula is C9H10F3NO. The van der Waals surface area contributed by atoms with Gasteiger partial charge in [-0.3, -0.25) is 0 Å². The average molecular weight is 205 g/mol. The Labute approximate surface area is 79.2 Å². The van der Waals surface area contributed by atoms with Crippen LogP contribution in [-0.2, 0) is 0 Å². The Hall–Kier alpha value is -1.07. The van der Waals surface area contributed by atoms with E-state index in [-0.39, 0.29) is 0 Å². The number of hydrogen-bond donors (Lipinski definition) is 2. The van der Waals surface area contributed by atoms with Gasteiger partial charge in [-0.2, -0.15) is 0 Å². The highest BCUT2D eigenvalue weighted by Crippen LogP contribution is 2.24. The maximum absolute atomic E-state index is 13.0. The average Bonchev–Trinajstić information content (AvgIpc) is 2.12. The van der Waals surface area contributed by atoms with Crippen LogP contribution in [-0.4, -0.2) is 11.1 Å². The second-order valence-corrected chi connectivity index (χ2v) is 3.06. The van der Waals surface area contributed by atoms with Crippen LogP contribution in [0.3, 0.4) is 0 Å². The molecule has 0 aliphatic rings. The van der Waals surface area contributed by atoms with E-state index in [1.807, 2.05) is 0 Å². The van der Waals surface area contributed by atoms with Crippen LogP contribution in [0.1, 0.15) is 18.6 Å². The maximum atomic E-state index is 13.0. The van der Waals surface area contributed by atoms with Crippen molar-refractivity contribution in [3.05, 3.63) is 35.1 Å². The zero-order valence-electron chi connectivity index (χ0n) is 7.47. The molecule has 1 aromatic rings. The summed E-state index contributed by atoms with van der Waals surface area (Å²) in [7, 11) is 0. The second kappa shape index (κ2) is 3.98. The van der Waals surface area contributed by atoms with Crippen molar-refractivity contribution < 1.29 is 18.3 Å². The van der Waals surface area contributed by atoms with E-state index in [1.54, 1.807) is 0 Å². The third kappa shape index (κ3) is 1.88. The number of benzene rings is 1. The SMILES string of the molecule is C[C@H](N)[C@H](O)c1c(F)ccc(F)c1F. The lowest BCUT2D eigenvalue weighted by Crippen LogP contribution is -2.26. The van der Waals surface area contributed by atoms with Crippen LogP contribution in [0, 0.1) is 17.5 Å². The summed E-state index contributed by atoms with van der Waals surface area (Å²) in [6, 6.07) is 0.530. The minimum Gasteiger partial charge on any atom is -0.387 e. The molecule has 0 bridgehead atoms. The molecule has 3 N–H and O–H groups in total. The fourth-order valence-electron chi connectivity index (χ4n) is 1.08. The van der Waals surface area contributed by atoms with Gasteiger partial charge in [0.25, 0.3) is 0 Å². The van der Waals surface area contributed by atoms with Crippen molar-refractivity contribution in [1.29, 1.82) is 0 Å². The van der Waals surface area contributed by atoms with Gasteiger partial charge in [-0.25, -0.2) is 13.2 Å². The van der Waals surface area contributed by atoms with E-state index in [4.69, 9.17) is 5.73 Å². The van der Waals surface area contributed by atoms with E-state index in [0.29, 0.717) is 6.07 Å². The number of rotatable bonds is 2. The number of halogens is 3. The van der Waals surface area contributed by atoms with Gasteiger partial charge in [0.15, 0.2) is 11.6 Å². The molecule has 0 aliphatic heterocycles. The highest BCUT2D eigenvalue weighted by atomic mass is 19.2. The molecule has 0 aliphatic carbocycles. The molecule has 0 heterocycles. The van der Waals surface area contributed by atoms with Crippen LogP contribution in [0.2, 0.25) is 0 Å². The van der Waals surface area contributed by atoms with Gasteiger partial charge < -0.3 is 10.8 Å². The fraction of sp³-hybridized carbons (Fsp3) is 0.333. The summed E-state index contributed by atoms with van der Waals surface area (Å²) in [6.45, 7) is 1.37. The molecule has 0 saturated carbocycles. The molecule has 0 fully saturated rings. The van der Waals surface area contributed by atoms with Gasteiger partial charge >= 0.3 is 0 Å². The smallest absolute Gasteiger partial charge is 0.167 e. The first-order chi connectivity index (χ1) is 6.45. The zero-order valence-corrected chi connectivity index (χ0v) is 7.47. The van der Waals surface area contributed by atoms with Crippen molar-refractivity contribution in [1.82, 2.24) is 0 Å². The van der Waals surface area contributed by atoms with Crippen molar-refractivity contribution in [2.24, 2.45) is 5.73 Å². The molecule has 0 saturated heterocycles. The van der Waals surface area contributed by atoms with Gasteiger partial charge in [0, 0.05) is 6.04 Å². The number of nitrogens with two attached hydrogens (primary N) is 1. The molecule has 5 heteroatoms. The third-order valence-electron chi connectivity index (χ3n) is 1.87. The van der Waals surface area contributed by atoms with E-state index in [9.17, 15) is 18.3 Å². The highest BCUT2D eigenvalue weighted by molar-refractivity contribution is 5.24. The Kier molecular flexibility index (Phi) is 3.13. The first-order valence-electron chi connectivity index (χ1n) is 4.02. The second-order valence-electron chi connectivity index (χ2n) is 3.06. The summed E-state index contributed by atoms with van der Waals surface area (Å²) in [5.41, 5.74) is 4.53. The van der Waals surface area contributed by atoms with Gasteiger partial charge in [-0.15, -0.1) is 0 Å². The highest BCUT2D eigenvalue weighted by Gasteiger charge is 2.23. The minimum atomic E-state index is -1.55. The van der Waals surface area contributed by atoms with Crippen LogP contribution in [0.25, 0.3) is 0 Å². The summed E-state index contributed by atoms with van der Waals surface area (Å²) in [4.78, 5) is 0. The third-order valence-corrected chi connectivity index (χ3v) is 1.87. The van der Waals surface area contributed by atoms with Crippen molar-refractivity contribution in [3.63, 3.8) is 0 Å².